The number of hydrogen-bond donors (Lipinski definition) is 3. The van der Waals surface area contributed by atoms with Gasteiger partial charge in [-0.1, -0.05) is 47.6 Å². The average Bonchev–Trinajstić information content (AvgIpc) is 3.10. The molecule has 0 aliphatic heterocycles. The first kappa shape index (κ1) is 48.4. The minimum absolute atomic E-state index is 0.120. The Morgan fingerprint density at radius 1 is 0.704 bits per heavy atom. The largest absolute Gasteiger partial charge is 0.424 e. The Morgan fingerprint density at radius 3 is 1.67 bits per heavy atom. The smallest absolute Gasteiger partial charge is 0.308 e. The number of esters is 1. The van der Waals surface area contributed by atoms with Crippen LogP contribution in [-0.2, 0) is 54.0 Å². The summed E-state index contributed by atoms with van der Waals surface area (Å²) in [6, 6.07) is 5.54. The van der Waals surface area contributed by atoms with Gasteiger partial charge in [0.25, 0.3) is 11.8 Å². The fourth-order valence-electron chi connectivity index (χ4n) is 4.77. The van der Waals surface area contributed by atoms with E-state index in [0.717, 1.165) is 31.4 Å². The number of benzene rings is 1. The number of ether oxygens (including phenoxy) is 7. The molecule has 3 N–H and O–H groups in total. The van der Waals surface area contributed by atoms with Crippen LogP contribution < -0.4 is 20.7 Å². The Morgan fingerprint density at radius 2 is 1.19 bits per heavy atom. The van der Waals surface area contributed by atoms with E-state index in [9.17, 15) is 19.2 Å². The quantitative estimate of drug-likeness (QED) is 0.0468. The first-order chi connectivity index (χ1) is 25.8. The molecule has 1 rings (SSSR count). The van der Waals surface area contributed by atoms with E-state index in [1.165, 1.54) is 6.92 Å². The zero-order chi connectivity index (χ0) is 40.0. The molecule has 0 aliphatic carbocycles. The monoisotopic (exact) mass is 763 g/mol. The summed E-state index contributed by atoms with van der Waals surface area (Å²) in [5, 5.41) is 7.97. The number of carbonyl (C=O) groups is 4. The lowest BCUT2D eigenvalue weighted by Crippen LogP contribution is -2.28. The van der Waals surface area contributed by atoms with Crippen LogP contribution in [0.15, 0.2) is 18.2 Å². The van der Waals surface area contributed by atoms with Crippen LogP contribution in [0.1, 0.15) is 73.3 Å². The summed E-state index contributed by atoms with van der Waals surface area (Å²) in [5.74, 6) is 3.90. The molecule has 14 heteroatoms. The summed E-state index contributed by atoms with van der Waals surface area (Å²) >= 11 is 0. The third kappa shape index (κ3) is 26.2. The molecule has 1 aromatic carbocycles. The van der Waals surface area contributed by atoms with Crippen molar-refractivity contribution in [3.05, 3.63) is 23.8 Å². The molecular weight excluding hydrogens is 698 g/mol. The van der Waals surface area contributed by atoms with Crippen molar-refractivity contribution >= 4 is 29.4 Å². The second-order valence-corrected chi connectivity index (χ2v) is 14.0. The Bertz CT molecular complexity index is 1290. The Kier molecular flexibility index (Phi) is 26.7. The van der Waals surface area contributed by atoms with E-state index in [-0.39, 0.29) is 44.0 Å². The summed E-state index contributed by atoms with van der Waals surface area (Å²) in [4.78, 5) is 47.9. The standard InChI is InChI=1S/C40H65N3O11/c1-8-16-48-20-24-52-26-22-50-18-14-41-37(45)11-12-38(46)42-15-19-51-23-27-53-25-21-49-17-13-39(47)43-35-30-34(9-10-36(35)54-33(4)44)29-31(2)28-32(3)40(5,6)7/h9-10,30-32H,8,13-29H2,1-7H3,(H,41,45)(H,42,46)(H,43,47)/t31-,32?/m1/s1. The van der Waals surface area contributed by atoms with Gasteiger partial charge in [0.05, 0.1) is 84.8 Å². The van der Waals surface area contributed by atoms with E-state index < -0.39 is 17.8 Å². The fraction of sp³-hybridized carbons (Fsp3) is 0.700. The van der Waals surface area contributed by atoms with Crippen LogP contribution in [0, 0.1) is 29.1 Å². The zero-order valence-corrected chi connectivity index (χ0v) is 33.6. The number of amides is 3. The van der Waals surface area contributed by atoms with Gasteiger partial charge in [0.2, 0.25) is 5.91 Å². The molecule has 0 aliphatic rings. The molecule has 14 nitrogen and oxygen atoms in total. The number of hydrogen-bond acceptors (Lipinski definition) is 11. The predicted octanol–water partition coefficient (Wildman–Crippen LogP) is 3.94. The third-order valence-electron chi connectivity index (χ3n) is 8.05. The lowest BCUT2D eigenvalue weighted by molar-refractivity contribution is -0.132. The molecule has 0 heterocycles. The second kappa shape index (κ2) is 29.7. The zero-order valence-electron chi connectivity index (χ0n) is 33.6. The maximum absolute atomic E-state index is 12.7. The molecule has 1 unspecified atom stereocenters. The summed E-state index contributed by atoms with van der Waals surface area (Å²) in [5.41, 5.74) is 1.75. The highest BCUT2D eigenvalue weighted by atomic mass is 16.6. The van der Waals surface area contributed by atoms with Crippen LogP contribution in [0.4, 0.5) is 5.69 Å². The minimum atomic E-state index is -0.586. The van der Waals surface area contributed by atoms with Crippen LogP contribution >= 0.6 is 0 Å². The highest BCUT2D eigenvalue weighted by Crippen LogP contribution is 2.33. The van der Waals surface area contributed by atoms with Crippen LogP contribution in [0.3, 0.4) is 0 Å². The highest BCUT2D eigenvalue weighted by molar-refractivity contribution is 6.02. The van der Waals surface area contributed by atoms with Crippen molar-refractivity contribution < 1.29 is 52.3 Å². The molecule has 0 radical (unpaired) electrons. The minimum Gasteiger partial charge on any atom is -0.424 e. The summed E-state index contributed by atoms with van der Waals surface area (Å²) in [7, 11) is 0. The van der Waals surface area contributed by atoms with Crippen molar-refractivity contribution in [1.29, 1.82) is 0 Å². The third-order valence-corrected chi connectivity index (χ3v) is 8.05. The van der Waals surface area contributed by atoms with E-state index in [0.29, 0.717) is 82.7 Å². The Labute approximate surface area is 322 Å². The first-order valence-electron chi connectivity index (χ1n) is 19.0. The van der Waals surface area contributed by atoms with Crippen LogP contribution in [-0.4, -0.2) is 116 Å². The summed E-state index contributed by atoms with van der Waals surface area (Å²) in [6.07, 6.45) is 3.02. The van der Waals surface area contributed by atoms with Gasteiger partial charge in [-0.25, -0.2) is 0 Å². The van der Waals surface area contributed by atoms with E-state index in [1.807, 2.05) is 19.1 Å². The molecule has 306 valence electrons. The topological polar surface area (TPSA) is 169 Å². The van der Waals surface area contributed by atoms with Crippen molar-refractivity contribution in [3.63, 3.8) is 0 Å². The molecule has 0 saturated heterocycles. The molecule has 0 fully saturated rings. The van der Waals surface area contributed by atoms with Gasteiger partial charge in [0, 0.05) is 38.5 Å². The van der Waals surface area contributed by atoms with Crippen molar-refractivity contribution in [2.24, 2.45) is 17.3 Å². The van der Waals surface area contributed by atoms with Crippen molar-refractivity contribution in [2.75, 3.05) is 97.7 Å². The number of nitrogens with one attached hydrogen (secondary N) is 3. The van der Waals surface area contributed by atoms with E-state index in [1.54, 1.807) is 6.07 Å². The lowest BCUT2D eigenvalue weighted by Gasteiger charge is -2.29. The summed E-state index contributed by atoms with van der Waals surface area (Å²) in [6.45, 7) is 19.8. The Hall–Kier alpha value is -3.58. The van der Waals surface area contributed by atoms with Gasteiger partial charge in [-0.3, -0.25) is 19.2 Å². The van der Waals surface area contributed by atoms with E-state index >= 15 is 0 Å². The average molecular weight is 764 g/mol. The lowest BCUT2D eigenvalue weighted by atomic mass is 9.76. The maximum Gasteiger partial charge on any atom is 0.308 e. The molecule has 54 heavy (non-hydrogen) atoms. The van der Waals surface area contributed by atoms with Gasteiger partial charge >= 0.3 is 5.97 Å². The molecule has 0 spiro atoms. The Balaban J connectivity index is 2.14. The fourth-order valence-corrected chi connectivity index (χ4v) is 4.77. The second-order valence-electron chi connectivity index (χ2n) is 14.0. The molecule has 0 bridgehead atoms. The van der Waals surface area contributed by atoms with Crippen molar-refractivity contribution in [3.8, 4) is 17.6 Å². The van der Waals surface area contributed by atoms with E-state index in [2.05, 4.69) is 62.4 Å². The normalized spacial score (nSPS) is 12.3. The SMILES string of the molecule is CCCOCCOCCOCCNC(=O)C#CC(=O)NCCOCCOCCOCCC(=O)Nc1cc(C[C@H](C)CC(C)C(C)(C)C)ccc1OC(C)=O. The highest BCUT2D eigenvalue weighted by Gasteiger charge is 2.22. The molecule has 0 saturated carbocycles. The van der Waals surface area contributed by atoms with Crippen LogP contribution in [0.5, 0.6) is 5.75 Å². The van der Waals surface area contributed by atoms with Crippen LogP contribution in [0.2, 0.25) is 0 Å². The first-order valence-corrected chi connectivity index (χ1v) is 19.0. The van der Waals surface area contributed by atoms with Gasteiger partial charge in [-0.15, -0.1) is 0 Å². The van der Waals surface area contributed by atoms with Gasteiger partial charge in [0.1, 0.15) is 0 Å². The van der Waals surface area contributed by atoms with Gasteiger partial charge in [-0.2, -0.15) is 0 Å². The van der Waals surface area contributed by atoms with Gasteiger partial charge in [-0.05, 0) is 54.2 Å². The number of anilines is 1. The molecule has 0 aromatic heterocycles. The number of carbonyl (C=O) groups excluding carboxylic acids is 4. The summed E-state index contributed by atoms with van der Waals surface area (Å²) < 4.78 is 37.8. The number of rotatable bonds is 29. The molecule has 3 amide bonds. The molecular formula is C40H65N3O11. The maximum atomic E-state index is 12.7. The predicted molar refractivity (Wildman–Crippen MR) is 206 cm³/mol. The van der Waals surface area contributed by atoms with E-state index in [4.69, 9.17) is 33.2 Å². The van der Waals surface area contributed by atoms with Crippen LogP contribution in [0.25, 0.3) is 0 Å². The van der Waals surface area contributed by atoms with Crippen molar-refractivity contribution in [1.82, 2.24) is 10.6 Å². The van der Waals surface area contributed by atoms with Gasteiger partial charge in [0.15, 0.2) is 5.75 Å². The molecule has 2 atom stereocenters. The van der Waals surface area contributed by atoms with Crippen molar-refractivity contribution in [2.45, 2.75) is 74.1 Å². The molecule has 1 aromatic rings. The van der Waals surface area contributed by atoms with Gasteiger partial charge < -0.3 is 49.1 Å².